The highest BCUT2D eigenvalue weighted by molar-refractivity contribution is 7.15. The van der Waals surface area contributed by atoms with Crippen molar-refractivity contribution in [1.82, 2.24) is 4.98 Å². The third-order valence-electron chi connectivity index (χ3n) is 4.42. The molecule has 0 spiro atoms. The van der Waals surface area contributed by atoms with E-state index in [0.29, 0.717) is 21.3 Å². The van der Waals surface area contributed by atoms with Gasteiger partial charge in [-0.15, -0.1) is 11.3 Å². The molecular formula is C22H18N2O4S. The fourth-order valence-electron chi connectivity index (χ4n) is 2.93. The first-order chi connectivity index (χ1) is 14.0. The number of hydrogen-bond acceptors (Lipinski definition) is 6. The number of aromatic nitrogens is 1. The van der Waals surface area contributed by atoms with E-state index in [2.05, 4.69) is 10.3 Å². The molecule has 0 aliphatic rings. The first-order valence-corrected chi connectivity index (χ1v) is 9.85. The number of ether oxygens (including phenoxy) is 1. The third-order valence-corrected chi connectivity index (χ3v) is 5.41. The van der Waals surface area contributed by atoms with Gasteiger partial charge in [-0.1, -0.05) is 36.4 Å². The highest BCUT2D eigenvalue weighted by Crippen LogP contribution is 2.28. The van der Waals surface area contributed by atoms with Crippen LogP contribution < -0.4 is 5.32 Å². The van der Waals surface area contributed by atoms with E-state index in [0.717, 1.165) is 10.8 Å². The van der Waals surface area contributed by atoms with Crippen molar-refractivity contribution in [2.45, 2.75) is 20.0 Å². The van der Waals surface area contributed by atoms with Gasteiger partial charge in [0.05, 0.1) is 6.26 Å². The summed E-state index contributed by atoms with van der Waals surface area (Å²) in [5, 5.41) is 5.35. The van der Waals surface area contributed by atoms with Gasteiger partial charge in [-0.3, -0.25) is 4.79 Å². The molecule has 1 amide bonds. The zero-order valence-electron chi connectivity index (χ0n) is 15.8. The van der Waals surface area contributed by atoms with Crippen LogP contribution in [0.3, 0.4) is 0 Å². The van der Waals surface area contributed by atoms with E-state index in [1.165, 1.54) is 18.3 Å². The average Bonchev–Trinajstić information content (AvgIpc) is 3.38. The lowest BCUT2D eigenvalue weighted by Gasteiger charge is -2.14. The minimum absolute atomic E-state index is 0.186. The maximum absolute atomic E-state index is 12.6. The molecule has 2 aromatic heterocycles. The maximum Gasteiger partial charge on any atom is 0.358 e. The van der Waals surface area contributed by atoms with Crippen molar-refractivity contribution in [2.75, 3.05) is 5.32 Å². The summed E-state index contributed by atoms with van der Waals surface area (Å²) in [5.41, 5.74) is 0.854. The molecule has 2 heterocycles. The molecule has 0 bridgehead atoms. The SMILES string of the molecule is Cc1sc(-c2ccco2)nc1C(=O)OC(C)C(=O)Nc1cccc2ccccc12. The van der Waals surface area contributed by atoms with Gasteiger partial charge in [-0.2, -0.15) is 0 Å². The van der Waals surface area contributed by atoms with Crippen LogP contribution in [-0.2, 0) is 9.53 Å². The number of carbonyl (C=O) groups is 2. The third kappa shape index (κ3) is 3.90. The zero-order chi connectivity index (χ0) is 20.4. The number of esters is 1. The predicted octanol–water partition coefficient (Wildman–Crippen LogP) is 5.05. The van der Waals surface area contributed by atoms with Gasteiger partial charge >= 0.3 is 5.97 Å². The van der Waals surface area contributed by atoms with Crippen LogP contribution in [0, 0.1) is 6.92 Å². The molecule has 1 N–H and O–H groups in total. The number of benzene rings is 2. The topological polar surface area (TPSA) is 81.4 Å². The number of fused-ring (bicyclic) bond motifs is 1. The summed E-state index contributed by atoms with van der Waals surface area (Å²) >= 11 is 1.33. The van der Waals surface area contributed by atoms with E-state index in [9.17, 15) is 9.59 Å². The molecule has 0 saturated carbocycles. The number of furan rings is 1. The van der Waals surface area contributed by atoms with Crippen LogP contribution in [0.15, 0.2) is 65.3 Å². The highest BCUT2D eigenvalue weighted by atomic mass is 32.1. The van der Waals surface area contributed by atoms with Gasteiger partial charge in [0, 0.05) is 16.0 Å². The van der Waals surface area contributed by atoms with Gasteiger partial charge in [-0.05, 0) is 37.4 Å². The van der Waals surface area contributed by atoms with E-state index in [1.54, 1.807) is 25.3 Å². The molecule has 0 aliphatic heterocycles. The summed E-state index contributed by atoms with van der Waals surface area (Å²) in [6, 6.07) is 16.9. The molecule has 7 heteroatoms. The molecule has 1 atom stereocenters. The molecule has 0 fully saturated rings. The number of rotatable bonds is 5. The number of thiazole rings is 1. The Kier molecular flexibility index (Phi) is 5.14. The average molecular weight is 406 g/mol. The van der Waals surface area contributed by atoms with E-state index in [-0.39, 0.29) is 5.69 Å². The van der Waals surface area contributed by atoms with Gasteiger partial charge in [0.25, 0.3) is 5.91 Å². The molecule has 6 nitrogen and oxygen atoms in total. The number of nitrogens with one attached hydrogen (secondary N) is 1. The Morgan fingerprint density at radius 1 is 1.10 bits per heavy atom. The summed E-state index contributed by atoms with van der Waals surface area (Å²) in [5.74, 6) is -0.468. The van der Waals surface area contributed by atoms with Gasteiger partial charge in [0.1, 0.15) is 0 Å². The van der Waals surface area contributed by atoms with Crippen LogP contribution in [0.1, 0.15) is 22.3 Å². The first kappa shape index (κ1) is 18.9. The molecular weight excluding hydrogens is 388 g/mol. The molecule has 146 valence electrons. The van der Waals surface area contributed by atoms with E-state index >= 15 is 0 Å². The Morgan fingerprint density at radius 3 is 2.69 bits per heavy atom. The minimum Gasteiger partial charge on any atom is -0.462 e. The van der Waals surface area contributed by atoms with E-state index < -0.39 is 18.0 Å². The molecule has 4 rings (SSSR count). The molecule has 0 radical (unpaired) electrons. The number of aryl methyl sites for hydroxylation is 1. The quantitative estimate of drug-likeness (QED) is 0.469. The van der Waals surface area contributed by atoms with Crippen LogP contribution in [-0.4, -0.2) is 23.0 Å². The highest BCUT2D eigenvalue weighted by Gasteiger charge is 2.24. The van der Waals surface area contributed by atoms with Gasteiger partial charge < -0.3 is 14.5 Å². The Balaban J connectivity index is 1.47. The number of anilines is 1. The lowest BCUT2D eigenvalue weighted by Crippen LogP contribution is -2.30. The Bertz CT molecular complexity index is 1180. The van der Waals surface area contributed by atoms with Gasteiger partial charge in [-0.25, -0.2) is 9.78 Å². The lowest BCUT2D eigenvalue weighted by molar-refractivity contribution is -0.123. The largest absolute Gasteiger partial charge is 0.462 e. The van der Waals surface area contributed by atoms with Crippen molar-refractivity contribution in [3.63, 3.8) is 0 Å². The van der Waals surface area contributed by atoms with Gasteiger partial charge in [0.15, 0.2) is 22.6 Å². The van der Waals surface area contributed by atoms with Crippen LogP contribution in [0.25, 0.3) is 21.5 Å². The second-order valence-corrected chi connectivity index (χ2v) is 7.67. The first-order valence-electron chi connectivity index (χ1n) is 9.04. The fourth-order valence-corrected chi connectivity index (χ4v) is 3.80. The maximum atomic E-state index is 12.6. The van der Waals surface area contributed by atoms with E-state index in [4.69, 9.17) is 9.15 Å². The van der Waals surface area contributed by atoms with Crippen molar-refractivity contribution in [3.8, 4) is 10.8 Å². The lowest BCUT2D eigenvalue weighted by atomic mass is 10.1. The predicted molar refractivity (Wildman–Crippen MR) is 112 cm³/mol. The summed E-state index contributed by atoms with van der Waals surface area (Å²) in [6.07, 6.45) is 0.568. The molecule has 2 aromatic carbocycles. The van der Waals surface area contributed by atoms with Crippen molar-refractivity contribution >= 4 is 39.7 Å². The van der Waals surface area contributed by atoms with E-state index in [1.807, 2.05) is 42.5 Å². The van der Waals surface area contributed by atoms with Crippen LogP contribution in [0.4, 0.5) is 5.69 Å². The van der Waals surface area contributed by atoms with Crippen molar-refractivity contribution in [3.05, 3.63) is 71.4 Å². The molecule has 0 saturated heterocycles. The standard InChI is InChI=1S/C22H18N2O4S/c1-13(20(25)23-17-10-5-8-15-7-3-4-9-16(15)17)28-22(26)19-14(2)29-21(24-19)18-11-6-12-27-18/h3-13H,1-2H3,(H,23,25). The fraction of sp³-hybridized carbons (Fsp3) is 0.136. The normalized spacial score (nSPS) is 11.9. The Morgan fingerprint density at radius 2 is 1.90 bits per heavy atom. The van der Waals surface area contributed by atoms with Crippen LogP contribution >= 0.6 is 11.3 Å². The summed E-state index contributed by atoms with van der Waals surface area (Å²) < 4.78 is 10.7. The zero-order valence-corrected chi connectivity index (χ0v) is 16.7. The van der Waals surface area contributed by atoms with Crippen LogP contribution in [0.2, 0.25) is 0 Å². The monoisotopic (exact) mass is 406 g/mol. The number of hydrogen-bond donors (Lipinski definition) is 1. The second kappa shape index (κ2) is 7.89. The van der Waals surface area contributed by atoms with Crippen molar-refractivity contribution < 1.29 is 18.7 Å². The second-order valence-electron chi connectivity index (χ2n) is 6.46. The smallest absolute Gasteiger partial charge is 0.358 e. The summed E-state index contributed by atoms with van der Waals surface area (Å²) in [6.45, 7) is 3.31. The van der Waals surface area contributed by atoms with Crippen molar-refractivity contribution in [1.29, 1.82) is 0 Å². The Hall–Kier alpha value is -3.45. The molecule has 29 heavy (non-hydrogen) atoms. The number of carbonyl (C=O) groups excluding carboxylic acids is 2. The van der Waals surface area contributed by atoms with Gasteiger partial charge in [0.2, 0.25) is 0 Å². The number of nitrogens with zero attached hydrogens (tertiary/aromatic N) is 1. The summed E-state index contributed by atoms with van der Waals surface area (Å²) in [4.78, 5) is 30.1. The molecule has 1 unspecified atom stereocenters. The number of amides is 1. The minimum atomic E-state index is -0.977. The van der Waals surface area contributed by atoms with Crippen LogP contribution in [0.5, 0.6) is 0 Å². The summed E-state index contributed by atoms with van der Waals surface area (Å²) in [7, 11) is 0. The molecule has 4 aromatic rings. The Labute approximate surface area is 171 Å². The molecule has 0 aliphatic carbocycles. The van der Waals surface area contributed by atoms with Crippen molar-refractivity contribution in [2.24, 2.45) is 0 Å².